The highest BCUT2D eigenvalue weighted by atomic mass is 16.5. The zero-order chi connectivity index (χ0) is 16.8. The van der Waals surface area contributed by atoms with E-state index in [0.29, 0.717) is 32.3 Å². The Balaban J connectivity index is 1.87. The standard InChI is InChI=1S/C19H28O4/c1-22-19(21)14-9-13-18(20)12-7-2-3-8-15-23-16-17-10-5-4-6-11-17/h4-6,10-11H,2-3,7-9,12-16H2,1H3. The van der Waals surface area contributed by atoms with Crippen molar-refractivity contribution in [2.75, 3.05) is 13.7 Å². The number of benzene rings is 1. The Kier molecular flexibility index (Phi) is 10.8. The van der Waals surface area contributed by atoms with Gasteiger partial charge in [0.2, 0.25) is 0 Å². The van der Waals surface area contributed by atoms with Crippen LogP contribution < -0.4 is 0 Å². The van der Waals surface area contributed by atoms with E-state index in [2.05, 4.69) is 16.9 Å². The van der Waals surface area contributed by atoms with E-state index in [9.17, 15) is 9.59 Å². The van der Waals surface area contributed by atoms with E-state index in [1.165, 1.54) is 12.7 Å². The fourth-order valence-electron chi connectivity index (χ4n) is 2.30. The fourth-order valence-corrected chi connectivity index (χ4v) is 2.30. The van der Waals surface area contributed by atoms with Gasteiger partial charge in [0.1, 0.15) is 5.78 Å². The summed E-state index contributed by atoms with van der Waals surface area (Å²) >= 11 is 0. The van der Waals surface area contributed by atoms with Gasteiger partial charge in [-0.1, -0.05) is 43.2 Å². The first-order valence-corrected chi connectivity index (χ1v) is 8.42. The number of esters is 1. The average molecular weight is 320 g/mol. The van der Waals surface area contributed by atoms with Gasteiger partial charge < -0.3 is 9.47 Å². The van der Waals surface area contributed by atoms with Crippen LogP contribution in [0.3, 0.4) is 0 Å². The number of ketones is 1. The molecule has 0 unspecified atom stereocenters. The van der Waals surface area contributed by atoms with Crippen LogP contribution in [0.15, 0.2) is 30.3 Å². The minimum absolute atomic E-state index is 0.242. The summed E-state index contributed by atoms with van der Waals surface area (Å²) in [5, 5.41) is 0. The first-order chi connectivity index (χ1) is 11.2. The second-order valence-corrected chi connectivity index (χ2v) is 5.67. The zero-order valence-corrected chi connectivity index (χ0v) is 14.1. The summed E-state index contributed by atoms with van der Waals surface area (Å²) in [6, 6.07) is 10.2. The van der Waals surface area contributed by atoms with E-state index in [1.54, 1.807) is 0 Å². The quantitative estimate of drug-likeness (QED) is 0.406. The van der Waals surface area contributed by atoms with Crippen LogP contribution in [0.25, 0.3) is 0 Å². The summed E-state index contributed by atoms with van der Waals surface area (Å²) in [4.78, 5) is 22.6. The van der Waals surface area contributed by atoms with Crippen LogP contribution in [0.4, 0.5) is 0 Å². The third-order valence-electron chi connectivity index (χ3n) is 3.67. The normalized spacial score (nSPS) is 10.5. The van der Waals surface area contributed by atoms with Crippen LogP contribution in [-0.2, 0) is 25.7 Å². The molecule has 0 bridgehead atoms. The molecule has 1 aromatic carbocycles. The molecule has 0 N–H and O–H groups in total. The molecule has 0 fully saturated rings. The maximum atomic E-state index is 11.6. The van der Waals surface area contributed by atoms with Crippen LogP contribution in [0.5, 0.6) is 0 Å². The highest BCUT2D eigenvalue weighted by Crippen LogP contribution is 2.08. The summed E-state index contributed by atoms with van der Waals surface area (Å²) in [5.41, 5.74) is 1.20. The molecule has 1 rings (SSSR count). The average Bonchev–Trinajstić information content (AvgIpc) is 2.58. The van der Waals surface area contributed by atoms with E-state index >= 15 is 0 Å². The van der Waals surface area contributed by atoms with Crippen molar-refractivity contribution in [1.82, 2.24) is 0 Å². The Labute approximate surface area is 139 Å². The van der Waals surface area contributed by atoms with Gasteiger partial charge in [0, 0.05) is 25.9 Å². The number of methoxy groups -OCH3 is 1. The van der Waals surface area contributed by atoms with Crippen LogP contribution in [-0.4, -0.2) is 25.5 Å². The minimum atomic E-state index is -0.242. The summed E-state index contributed by atoms with van der Waals surface area (Å²) in [6.45, 7) is 1.43. The molecule has 4 heteroatoms. The van der Waals surface area contributed by atoms with E-state index in [0.717, 1.165) is 32.3 Å². The van der Waals surface area contributed by atoms with Crippen molar-refractivity contribution in [2.24, 2.45) is 0 Å². The first-order valence-electron chi connectivity index (χ1n) is 8.42. The molecule has 0 aromatic heterocycles. The number of hydrogen-bond acceptors (Lipinski definition) is 4. The van der Waals surface area contributed by atoms with Crippen molar-refractivity contribution < 1.29 is 19.1 Å². The molecule has 0 radical (unpaired) electrons. The predicted octanol–water partition coefficient (Wildman–Crippen LogP) is 4.07. The molecule has 0 aliphatic carbocycles. The summed E-state index contributed by atoms with van der Waals surface area (Å²) in [5.74, 6) is 0.00235. The van der Waals surface area contributed by atoms with Crippen molar-refractivity contribution in [1.29, 1.82) is 0 Å². The highest BCUT2D eigenvalue weighted by Gasteiger charge is 2.05. The molecule has 0 spiro atoms. The van der Waals surface area contributed by atoms with Gasteiger partial charge in [0.15, 0.2) is 0 Å². The fraction of sp³-hybridized carbons (Fsp3) is 0.579. The Morgan fingerprint density at radius 2 is 1.57 bits per heavy atom. The summed E-state index contributed by atoms with van der Waals surface area (Å²) in [6.07, 6.45) is 6.13. The van der Waals surface area contributed by atoms with Gasteiger partial charge in [-0.3, -0.25) is 9.59 Å². The molecule has 4 nitrogen and oxygen atoms in total. The summed E-state index contributed by atoms with van der Waals surface area (Å²) in [7, 11) is 1.37. The van der Waals surface area contributed by atoms with Crippen molar-refractivity contribution in [3.63, 3.8) is 0 Å². The predicted molar refractivity (Wildman–Crippen MR) is 90.1 cm³/mol. The number of hydrogen-bond donors (Lipinski definition) is 0. The number of carbonyl (C=O) groups excluding carboxylic acids is 2. The van der Waals surface area contributed by atoms with Crippen molar-refractivity contribution in [3.05, 3.63) is 35.9 Å². The molecule has 0 saturated carbocycles. The van der Waals surface area contributed by atoms with Crippen molar-refractivity contribution in [2.45, 2.75) is 58.0 Å². The Morgan fingerprint density at radius 3 is 2.30 bits per heavy atom. The molecular weight excluding hydrogens is 292 g/mol. The molecule has 0 amide bonds. The second kappa shape index (κ2) is 12.8. The van der Waals surface area contributed by atoms with E-state index < -0.39 is 0 Å². The molecule has 0 saturated heterocycles. The minimum Gasteiger partial charge on any atom is -0.469 e. The molecule has 0 aliphatic rings. The van der Waals surface area contributed by atoms with Crippen LogP contribution in [0, 0.1) is 0 Å². The van der Waals surface area contributed by atoms with Crippen molar-refractivity contribution in [3.8, 4) is 0 Å². The lowest BCUT2D eigenvalue weighted by Crippen LogP contribution is -2.03. The molecule has 0 aliphatic heterocycles. The molecule has 0 heterocycles. The highest BCUT2D eigenvalue weighted by molar-refractivity contribution is 5.79. The van der Waals surface area contributed by atoms with Gasteiger partial charge in [0.25, 0.3) is 0 Å². The molecule has 0 atom stereocenters. The second-order valence-electron chi connectivity index (χ2n) is 5.67. The number of Topliss-reactive ketones (excluding diaryl/α,β-unsaturated/α-hetero) is 1. The maximum Gasteiger partial charge on any atom is 0.305 e. The molecule has 23 heavy (non-hydrogen) atoms. The van der Waals surface area contributed by atoms with Gasteiger partial charge in [-0.25, -0.2) is 0 Å². The topological polar surface area (TPSA) is 52.6 Å². The van der Waals surface area contributed by atoms with Crippen LogP contribution >= 0.6 is 0 Å². The van der Waals surface area contributed by atoms with Gasteiger partial charge >= 0.3 is 5.97 Å². The molecule has 1 aromatic rings. The Morgan fingerprint density at radius 1 is 0.870 bits per heavy atom. The third-order valence-corrected chi connectivity index (χ3v) is 3.67. The lowest BCUT2D eigenvalue weighted by atomic mass is 10.1. The van der Waals surface area contributed by atoms with Gasteiger partial charge in [-0.15, -0.1) is 0 Å². The largest absolute Gasteiger partial charge is 0.469 e. The van der Waals surface area contributed by atoms with Gasteiger partial charge in [-0.05, 0) is 24.8 Å². The molecular formula is C19H28O4. The van der Waals surface area contributed by atoms with E-state index in [-0.39, 0.29) is 11.8 Å². The monoisotopic (exact) mass is 320 g/mol. The van der Waals surface area contributed by atoms with Gasteiger partial charge in [-0.2, -0.15) is 0 Å². The third kappa shape index (κ3) is 10.6. The zero-order valence-electron chi connectivity index (χ0n) is 14.1. The number of carbonyl (C=O) groups is 2. The SMILES string of the molecule is COC(=O)CCCC(=O)CCCCCCOCc1ccccc1. The van der Waals surface area contributed by atoms with E-state index in [4.69, 9.17) is 4.74 Å². The lowest BCUT2D eigenvalue weighted by molar-refractivity contribution is -0.140. The maximum absolute atomic E-state index is 11.6. The number of unbranched alkanes of at least 4 members (excludes halogenated alkanes) is 3. The molecule has 128 valence electrons. The smallest absolute Gasteiger partial charge is 0.305 e. The van der Waals surface area contributed by atoms with Crippen molar-refractivity contribution >= 4 is 11.8 Å². The Bertz CT molecular complexity index is 442. The Hall–Kier alpha value is -1.68. The van der Waals surface area contributed by atoms with Crippen LogP contribution in [0.1, 0.15) is 56.9 Å². The first kappa shape index (κ1) is 19.4. The lowest BCUT2D eigenvalue weighted by Gasteiger charge is -2.04. The number of rotatable bonds is 13. The summed E-state index contributed by atoms with van der Waals surface area (Å²) < 4.78 is 10.2. The van der Waals surface area contributed by atoms with E-state index in [1.807, 2.05) is 18.2 Å². The number of ether oxygens (including phenoxy) is 2. The van der Waals surface area contributed by atoms with Gasteiger partial charge in [0.05, 0.1) is 13.7 Å². The van der Waals surface area contributed by atoms with Crippen LogP contribution in [0.2, 0.25) is 0 Å².